The van der Waals surface area contributed by atoms with Crippen molar-refractivity contribution >= 4 is 34.1 Å². The minimum Gasteiger partial charge on any atom is -0.301 e. The molecular weight excluding hydrogens is 388 g/mol. The van der Waals surface area contributed by atoms with Crippen LogP contribution in [0.15, 0.2) is 40.7 Å². The first-order chi connectivity index (χ1) is 13.4. The Morgan fingerprint density at radius 2 is 1.89 bits per heavy atom. The maximum absolute atomic E-state index is 12.6. The standard InChI is InChI=1S/C21H20N4OS2/c1-12-13(2)17(10-22)20(23-14(12)3)28-15(4)19(26)25-21-24-18(11-27-21)16-8-6-5-7-9-16/h5-9,11,15H,1-4H3,(H,24,25,26)/t15-/m0/s1. The molecule has 0 saturated heterocycles. The van der Waals surface area contributed by atoms with E-state index in [0.717, 1.165) is 28.1 Å². The number of nitrogens with one attached hydrogen (secondary N) is 1. The molecule has 0 spiro atoms. The van der Waals surface area contributed by atoms with Crippen molar-refractivity contribution in [2.24, 2.45) is 0 Å². The Morgan fingerprint density at radius 3 is 2.57 bits per heavy atom. The molecule has 1 N–H and O–H groups in total. The van der Waals surface area contributed by atoms with Crippen molar-refractivity contribution in [1.82, 2.24) is 9.97 Å². The highest BCUT2D eigenvalue weighted by Crippen LogP contribution is 2.30. The number of aryl methyl sites for hydroxylation is 1. The van der Waals surface area contributed by atoms with Gasteiger partial charge in [0.05, 0.1) is 16.5 Å². The number of nitriles is 1. The van der Waals surface area contributed by atoms with Crippen LogP contribution in [0, 0.1) is 32.1 Å². The average Bonchev–Trinajstić information content (AvgIpc) is 3.15. The van der Waals surface area contributed by atoms with Crippen LogP contribution in [0.4, 0.5) is 5.13 Å². The molecule has 5 nitrogen and oxygen atoms in total. The first kappa shape index (κ1) is 20.1. The summed E-state index contributed by atoms with van der Waals surface area (Å²) >= 11 is 2.68. The minimum absolute atomic E-state index is 0.166. The van der Waals surface area contributed by atoms with Gasteiger partial charge in [-0.3, -0.25) is 4.79 Å². The SMILES string of the molecule is Cc1nc(S[C@@H](C)C(=O)Nc2nc(-c3ccccc3)cs2)c(C#N)c(C)c1C. The van der Waals surface area contributed by atoms with E-state index in [-0.39, 0.29) is 5.91 Å². The second kappa shape index (κ2) is 8.55. The van der Waals surface area contributed by atoms with E-state index >= 15 is 0 Å². The third kappa shape index (κ3) is 4.24. The van der Waals surface area contributed by atoms with Gasteiger partial charge in [-0.2, -0.15) is 5.26 Å². The molecule has 0 unspecified atom stereocenters. The fourth-order valence-electron chi connectivity index (χ4n) is 2.63. The van der Waals surface area contributed by atoms with Gasteiger partial charge < -0.3 is 5.32 Å². The van der Waals surface area contributed by atoms with Crippen molar-refractivity contribution in [1.29, 1.82) is 5.26 Å². The highest BCUT2D eigenvalue weighted by molar-refractivity contribution is 8.00. The lowest BCUT2D eigenvalue weighted by Gasteiger charge is -2.14. The van der Waals surface area contributed by atoms with Crippen molar-refractivity contribution in [2.75, 3.05) is 5.32 Å². The van der Waals surface area contributed by atoms with Crippen LogP contribution in [0.2, 0.25) is 0 Å². The molecule has 3 aromatic rings. The highest BCUT2D eigenvalue weighted by atomic mass is 32.2. The summed E-state index contributed by atoms with van der Waals surface area (Å²) in [7, 11) is 0. The number of thiazole rings is 1. The molecule has 0 aliphatic carbocycles. The molecule has 1 amide bonds. The second-order valence-electron chi connectivity index (χ2n) is 6.39. The first-order valence-corrected chi connectivity index (χ1v) is 10.5. The second-order valence-corrected chi connectivity index (χ2v) is 8.58. The fraction of sp³-hybridized carbons (Fsp3) is 0.238. The number of hydrogen-bond acceptors (Lipinski definition) is 6. The van der Waals surface area contributed by atoms with Crippen LogP contribution in [0.25, 0.3) is 11.3 Å². The van der Waals surface area contributed by atoms with Gasteiger partial charge in [0.2, 0.25) is 5.91 Å². The molecule has 3 rings (SSSR count). The molecule has 0 radical (unpaired) electrons. The number of nitrogens with zero attached hydrogens (tertiary/aromatic N) is 3. The van der Waals surface area contributed by atoms with Crippen molar-refractivity contribution in [3.8, 4) is 17.3 Å². The van der Waals surface area contributed by atoms with Gasteiger partial charge >= 0.3 is 0 Å². The number of benzene rings is 1. The molecule has 0 fully saturated rings. The minimum atomic E-state index is -0.412. The number of pyridine rings is 1. The van der Waals surface area contributed by atoms with Crippen LogP contribution >= 0.6 is 23.1 Å². The van der Waals surface area contributed by atoms with Gasteiger partial charge in [0.25, 0.3) is 0 Å². The van der Waals surface area contributed by atoms with Crippen molar-refractivity contribution < 1.29 is 4.79 Å². The third-order valence-electron chi connectivity index (χ3n) is 4.54. The van der Waals surface area contributed by atoms with Gasteiger partial charge in [0, 0.05) is 16.6 Å². The van der Waals surface area contributed by atoms with E-state index in [0.29, 0.717) is 15.7 Å². The molecule has 28 heavy (non-hydrogen) atoms. The maximum atomic E-state index is 12.6. The topological polar surface area (TPSA) is 78.7 Å². The van der Waals surface area contributed by atoms with E-state index in [1.807, 2.05) is 56.5 Å². The Labute approximate surface area is 172 Å². The number of anilines is 1. The Bertz CT molecular complexity index is 1050. The molecular formula is C21H20N4OS2. The lowest BCUT2D eigenvalue weighted by atomic mass is 10.1. The zero-order valence-electron chi connectivity index (χ0n) is 16.1. The molecule has 1 aromatic carbocycles. The van der Waals surface area contributed by atoms with Crippen LogP contribution in [-0.4, -0.2) is 21.1 Å². The van der Waals surface area contributed by atoms with Crippen LogP contribution in [0.1, 0.15) is 29.3 Å². The van der Waals surface area contributed by atoms with Gasteiger partial charge in [0.1, 0.15) is 11.1 Å². The predicted molar refractivity (Wildman–Crippen MR) is 115 cm³/mol. The molecule has 7 heteroatoms. The average molecular weight is 409 g/mol. The number of amides is 1. The highest BCUT2D eigenvalue weighted by Gasteiger charge is 2.21. The van der Waals surface area contributed by atoms with Gasteiger partial charge in [-0.1, -0.05) is 42.1 Å². The van der Waals surface area contributed by atoms with Crippen LogP contribution in [0.5, 0.6) is 0 Å². The summed E-state index contributed by atoms with van der Waals surface area (Å²) in [5.41, 5.74) is 5.17. The van der Waals surface area contributed by atoms with E-state index in [1.54, 1.807) is 6.92 Å². The molecule has 1 atom stereocenters. The van der Waals surface area contributed by atoms with E-state index < -0.39 is 5.25 Å². The first-order valence-electron chi connectivity index (χ1n) is 8.77. The Hall–Kier alpha value is -2.69. The molecule has 0 aliphatic heterocycles. The molecule has 0 saturated carbocycles. The van der Waals surface area contributed by atoms with Crippen LogP contribution in [-0.2, 0) is 4.79 Å². The fourth-order valence-corrected chi connectivity index (χ4v) is 4.36. The summed E-state index contributed by atoms with van der Waals surface area (Å²) < 4.78 is 0. The monoisotopic (exact) mass is 408 g/mol. The number of carbonyl (C=O) groups excluding carboxylic acids is 1. The Morgan fingerprint density at radius 1 is 1.18 bits per heavy atom. The van der Waals surface area contributed by atoms with E-state index in [9.17, 15) is 10.1 Å². The molecule has 142 valence electrons. The predicted octanol–water partition coefficient (Wildman–Crippen LogP) is 5.12. The lowest BCUT2D eigenvalue weighted by Crippen LogP contribution is -2.22. The number of rotatable bonds is 5. The van der Waals surface area contributed by atoms with Gasteiger partial charge in [-0.15, -0.1) is 11.3 Å². The van der Waals surface area contributed by atoms with Crippen LogP contribution in [0.3, 0.4) is 0 Å². The van der Waals surface area contributed by atoms with Gasteiger partial charge in [-0.05, 0) is 38.8 Å². The number of thioether (sulfide) groups is 1. The summed E-state index contributed by atoms with van der Waals surface area (Å²) in [6.45, 7) is 7.59. The molecule has 0 aliphatic rings. The van der Waals surface area contributed by atoms with Crippen LogP contribution < -0.4 is 5.32 Å². The zero-order valence-corrected chi connectivity index (χ0v) is 17.7. The number of aromatic nitrogens is 2. The maximum Gasteiger partial charge on any atom is 0.239 e. The van der Waals surface area contributed by atoms with Gasteiger partial charge in [-0.25, -0.2) is 9.97 Å². The summed E-state index contributed by atoms with van der Waals surface area (Å²) in [6.07, 6.45) is 0. The quantitative estimate of drug-likeness (QED) is 0.593. The van der Waals surface area contributed by atoms with Crippen molar-refractivity contribution in [2.45, 2.75) is 38.0 Å². The zero-order chi connectivity index (χ0) is 20.3. The van der Waals surface area contributed by atoms with Crippen molar-refractivity contribution in [3.63, 3.8) is 0 Å². The summed E-state index contributed by atoms with van der Waals surface area (Å²) in [5.74, 6) is -0.166. The summed E-state index contributed by atoms with van der Waals surface area (Å²) in [4.78, 5) is 21.6. The number of carbonyl (C=O) groups is 1. The van der Waals surface area contributed by atoms with Gasteiger partial charge in [0.15, 0.2) is 5.13 Å². The van der Waals surface area contributed by atoms with E-state index in [2.05, 4.69) is 21.4 Å². The molecule has 2 heterocycles. The molecule has 0 bridgehead atoms. The molecule has 2 aromatic heterocycles. The van der Waals surface area contributed by atoms with E-state index in [1.165, 1.54) is 23.1 Å². The smallest absolute Gasteiger partial charge is 0.239 e. The van der Waals surface area contributed by atoms with Crippen molar-refractivity contribution in [3.05, 3.63) is 58.1 Å². The normalized spacial score (nSPS) is 11.7. The lowest BCUT2D eigenvalue weighted by molar-refractivity contribution is -0.115. The Kier molecular flexibility index (Phi) is 6.12. The van der Waals surface area contributed by atoms with E-state index in [4.69, 9.17) is 0 Å². The number of hydrogen-bond donors (Lipinski definition) is 1. The third-order valence-corrected chi connectivity index (χ3v) is 6.38. The Balaban J connectivity index is 1.73. The largest absolute Gasteiger partial charge is 0.301 e. The summed E-state index contributed by atoms with van der Waals surface area (Å²) in [5, 5.41) is 15.0. The summed E-state index contributed by atoms with van der Waals surface area (Å²) in [6, 6.07) is 12.1.